The summed E-state index contributed by atoms with van der Waals surface area (Å²) in [4.78, 5) is 11.5. The maximum absolute atomic E-state index is 13.6. The fourth-order valence-electron chi connectivity index (χ4n) is 2.91. The number of carboxylic acid groups (broad SMARTS) is 1. The third-order valence-corrected chi connectivity index (χ3v) is 5.09. The molecule has 0 bridgehead atoms. The molecule has 31 heavy (non-hydrogen) atoms. The number of aliphatic hydroxyl groups excluding tert-OH is 1. The number of ether oxygens (including phenoxy) is 2. The summed E-state index contributed by atoms with van der Waals surface area (Å²) in [5.74, 6) is -1.94. The average Bonchev–Trinajstić information content (AvgIpc) is 3.00. The van der Waals surface area contributed by atoms with Gasteiger partial charge in [-0.15, -0.1) is 5.10 Å². The van der Waals surface area contributed by atoms with Gasteiger partial charge in [0, 0.05) is 0 Å². The van der Waals surface area contributed by atoms with E-state index in [1.165, 1.54) is 19.2 Å². The van der Waals surface area contributed by atoms with Crippen LogP contribution in [-0.4, -0.2) is 39.2 Å². The normalized spacial score (nSPS) is 13.2. The van der Waals surface area contributed by atoms with Gasteiger partial charge in [0.2, 0.25) is 5.88 Å². The highest BCUT2D eigenvalue weighted by atomic mass is 79.9. The van der Waals surface area contributed by atoms with Gasteiger partial charge in [0.15, 0.2) is 5.56 Å². The maximum atomic E-state index is 13.6. The van der Waals surface area contributed by atoms with Crippen LogP contribution in [0.5, 0.6) is 5.88 Å². The molecule has 7 nitrogen and oxygen atoms in total. The van der Waals surface area contributed by atoms with E-state index in [0.29, 0.717) is 18.4 Å². The van der Waals surface area contributed by atoms with Gasteiger partial charge in [-0.05, 0) is 33.5 Å². The van der Waals surface area contributed by atoms with Crippen LogP contribution in [0.4, 0.5) is 13.2 Å². The molecule has 0 aliphatic heterocycles. The molecule has 0 saturated heterocycles. The molecule has 170 valence electrons. The van der Waals surface area contributed by atoms with Gasteiger partial charge >= 0.3 is 12.1 Å². The molecular weight excluding hydrogens is 485 g/mol. The topological polar surface area (TPSA) is 93.8 Å². The quantitative estimate of drug-likeness (QED) is 0.364. The van der Waals surface area contributed by atoms with Gasteiger partial charge in [0.25, 0.3) is 0 Å². The van der Waals surface area contributed by atoms with Gasteiger partial charge in [0.1, 0.15) is 16.8 Å². The fourth-order valence-corrected chi connectivity index (χ4v) is 3.53. The van der Waals surface area contributed by atoms with Crippen molar-refractivity contribution in [3.63, 3.8) is 0 Å². The Balaban J connectivity index is 2.38. The molecule has 11 heteroatoms. The lowest BCUT2D eigenvalue weighted by atomic mass is 10.0. The van der Waals surface area contributed by atoms with Crippen molar-refractivity contribution < 1.29 is 37.7 Å². The molecule has 0 amide bonds. The lowest BCUT2D eigenvalue weighted by molar-refractivity contribution is -0.139. The van der Waals surface area contributed by atoms with E-state index >= 15 is 0 Å². The second kappa shape index (κ2) is 10.7. The van der Waals surface area contributed by atoms with Crippen LogP contribution in [0, 0.1) is 0 Å². The minimum absolute atomic E-state index is 0.142. The van der Waals surface area contributed by atoms with Crippen LogP contribution in [0.3, 0.4) is 0 Å². The first kappa shape index (κ1) is 24.7. The van der Waals surface area contributed by atoms with E-state index < -0.39 is 29.7 Å². The summed E-state index contributed by atoms with van der Waals surface area (Å²) in [6.07, 6.45) is -3.53. The zero-order valence-corrected chi connectivity index (χ0v) is 18.4. The number of aliphatic carboxylic acids is 1. The van der Waals surface area contributed by atoms with Crippen molar-refractivity contribution in [1.29, 1.82) is 0 Å². The molecule has 1 aromatic carbocycles. The highest BCUT2D eigenvalue weighted by Crippen LogP contribution is 2.41. The fraction of sp³-hybridized carbons (Fsp3) is 0.400. The van der Waals surface area contributed by atoms with E-state index in [0.717, 1.165) is 10.9 Å². The number of rotatable bonds is 10. The van der Waals surface area contributed by atoms with Crippen molar-refractivity contribution in [2.45, 2.75) is 45.2 Å². The number of hydrogen-bond acceptors (Lipinski definition) is 5. The number of aliphatic hydroxyl groups is 1. The van der Waals surface area contributed by atoms with Crippen molar-refractivity contribution >= 4 is 27.5 Å². The lowest BCUT2D eigenvalue weighted by Crippen LogP contribution is -2.17. The smallest absolute Gasteiger partial charge is 0.424 e. The lowest BCUT2D eigenvalue weighted by Gasteiger charge is -2.12. The molecule has 1 heterocycles. The molecule has 2 N–H and O–H groups in total. The Morgan fingerprint density at radius 3 is 2.61 bits per heavy atom. The molecule has 0 saturated carbocycles. The van der Waals surface area contributed by atoms with Crippen molar-refractivity contribution in [2.75, 3.05) is 7.11 Å². The molecule has 2 aromatic rings. The van der Waals surface area contributed by atoms with E-state index in [-0.39, 0.29) is 28.9 Å². The van der Waals surface area contributed by atoms with Crippen LogP contribution >= 0.6 is 15.9 Å². The number of nitrogens with zero attached hydrogens (tertiary/aromatic N) is 2. The Kier molecular flexibility index (Phi) is 8.52. The van der Waals surface area contributed by atoms with Crippen molar-refractivity contribution in [3.05, 3.63) is 51.8 Å². The van der Waals surface area contributed by atoms with Gasteiger partial charge in [-0.3, -0.25) is 4.68 Å². The van der Waals surface area contributed by atoms with Gasteiger partial charge in [-0.1, -0.05) is 37.6 Å². The summed E-state index contributed by atoms with van der Waals surface area (Å²) >= 11 is 2.91. The van der Waals surface area contributed by atoms with Crippen LogP contribution in [0.2, 0.25) is 0 Å². The van der Waals surface area contributed by atoms with E-state index in [4.69, 9.17) is 9.47 Å². The Labute approximate surface area is 185 Å². The van der Waals surface area contributed by atoms with Gasteiger partial charge in [-0.2, -0.15) is 13.2 Å². The molecule has 1 unspecified atom stereocenters. The van der Waals surface area contributed by atoms with Gasteiger partial charge in [0.05, 0.1) is 26.0 Å². The molecule has 0 aliphatic carbocycles. The number of carbonyl (C=O) groups is 1. The van der Waals surface area contributed by atoms with Crippen molar-refractivity contribution in [2.24, 2.45) is 0 Å². The first-order valence-electron chi connectivity index (χ1n) is 9.29. The first-order valence-corrected chi connectivity index (χ1v) is 10.1. The zero-order chi connectivity index (χ0) is 23.2. The summed E-state index contributed by atoms with van der Waals surface area (Å²) in [7, 11) is 1.29. The third kappa shape index (κ3) is 6.23. The number of aromatic nitrogens is 2. The Hall–Kier alpha value is -2.53. The molecule has 1 atom stereocenters. The molecule has 1 aromatic heterocycles. The van der Waals surface area contributed by atoms with Crippen LogP contribution < -0.4 is 4.74 Å². The Morgan fingerprint density at radius 2 is 2.03 bits per heavy atom. The van der Waals surface area contributed by atoms with Gasteiger partial charge < -0.3 is 19.7 Å². The summed E-state index contributed by atoms with van der Waals surface area (Å²) < 4.78 is 51.7. The zero-order valence-electron chi connectivity index (χ0n) is 16.8. The third-order valence-electron chi connectivity index (χ3n) is 4.29. The largest absolute Gasteiger partial charge is 0.503 e. The van der Waals surface area contributed by atoms with Crippen molar-refractivity contribution in [3.8, 4) is 5.88 Å². The first-order chi connectivity index (χ1) is 14.6. The van der Waals surface area contributed by atoms with Crippen LogP contribution in [0.15, 0.2) is 35.1 Å². The molecule has 0 aliphatic rings. The maximum Gasteiger partial charge on any atom is 0.424 e. The van der Waals surface area contributed by atoms with Crippen LogP contribution in [-0.2, 0) is 28.9 Å². The molecular formula is C20H22BrF3N2O5. The number of benzene rings is 1. The van der Waals surface area contributed by atoms with Crippen LogP contribution in [0.25, 0.3) is 5.57 Å². The highest BCUT2D eigenvalue weighted by Gasteiger charge is 2.41. The number of alkyl halides is 3. The monoisotopic (exact) mass is 506 g/mol. The van der Waals surface area contributed by atoms with E-state index in [1.54, 1.807) is 12.1 Å². The summed E-state index contributed by atoms with van der Waals surface area (Å²) in [5, 5.41) is 23.2. The SMILES string of the molecule is CCCC(O)Cn1nc(OCc2ccccc2/C(=C\OC)C(=O)O)c(C(F)(F)F)c1Br. The Morgan fingerprint density at radius 1 is 1.35 bits per heavy atom. The predicted octanol–water partition coefficient (Wildman–Crippen LogP) is 4.48. The predicted molar refractivity (Wildman–Crippen MR) is 109 cm³/mol. The van der Waals surface area contributed by atoms with Crippen molar-refractivity contribution in [1.82, 2.24) is 9.78 Å². The molecule has 0 fully saturated rings. The van der Waals surface area contributed by atoms with E-state index in [9.17, 15) is 28.2 Å². The summed E-state index contributed by atoms with van der Waals surface area (Å²) in [6.45, 7) is 1.34. The number of halogens is 4. The second-order valence-corrected chi connectivity index (χ2v) is 7.36. The molecule has 2 rings (SSSR count). The minimum atomic E-state index is -4.76. The minimum Gasteiger partial charge on any atom is -0.503 e. The number of hydrogen-bond donors (Lipinski definition) is 2. The second-order valence-electron chi connectivity index (χ2n) is 6.61. The van der Waals surface area contributed by atoms with Gasteiger partial charge in [-0.25, -0.2) is 4.79 Å². The molecule has 0 radical (unpaired) electrons. The number of carboxylic acids is 1. The van der Waals surface area contributed by atoms with E-state index in [2.05, 4.69) is 21.0 Å². The Bertz CT molecular complexity index is 943. The van der Waals surface area contributed by atoms with Crippen LogP contribution in [0.1, 0.15) is 36.5 Å². The molecule has 0 spiro atoms. The highest BCUT2D eigenvalue weighted by molar-refractivity contribution is 9.10. The summed E-state index contributed by atoms with van der Waals surface area (Å²) in [5.41, 5.74) is -0.716. The summed E-state index contributed by atoms with van der Waals surface area (Å²) in [6, 6.07) is 6.23. The van der Waals surface area contributed by atoms with E-state index in [1.807, 2.05) is 6.92 Å². The average molecular weight is 507 g/mol. The standard InChI is InChI=1S/C20H22BrF3N2O5/c1-3-6-13(27)9-26-17(21)16(20(22,23)24)18(25-26)31-10-12-7-4-5-8-14(12)15(11-30-2)19(28)29/h4-5,7-8,11,13,27H,3,6,9-10H2,1-2H3,(H,28,29)/b15-11+. The number of methoxy groups -OCH3 is 1.